The van der Waals surface area contributed by atoms with Crippen molar-refractivity contribution in [1.82, 2.24) is 9.13 Å². The monoisotopic (exact) mass is 703 g/mol. The van der Waals surface area contributed by atoms with E-state index in [0.29, 0.717) is 33.6 Å². The Morgan fingerprint density at radius 1 is 0.509 bits per heavy atom. The van der Waals surface area contributed by atoms with Crippen LogP contribution in [0.25, 0.3) is 66.1 Å². The molecule has 0 saturated heterocycles. The number of alkyl halides is 3. The highest BCUT2D eigenvalue weighted by atomic mass is 19.4. The van der Waals surface area contributed by atoms with E-state index >= 15 is 0 Å². The molecule has 0 aliphatic rings. The van der Waals surface area contributed by atoms with E-state index in [1.165, 1.54) is 23.3 Å². The van der Waals surface area contributed by atoms with E-state index in [0.717, 1.165) is 43.6 Å². The lowest BCUT2D eigenvalue weighted by atomic mass is 9.86. The van der Waals surface area contributed by atoms with E-state index < -0.39 is 11.7 Å². The van der Waals surface area contributed by atoms with Gasteiger partial charge in [0.2, 0.25) is 0 Å². The number of halogens is 3. The molecule has 6 aromatic carbocycles. The third-order valence-corrected chi connectivity index (χ3v) is 10.5. The fraction of sp³-hybridized carbons (Fsp3) is 0.213. The minimum Gasteiger partial charge on any atom is -0.309 e. The summed E-state index contributed by atoms with van der Waals surface area (Å²) in [5, 5.41) is 15.1. The second kappa shape index (κ2) is 11.9. The number of hydrogen-bond donors (Lipinski definition) is 0. The second-order valence-electron chi connectivity index (χ2n) is 16.3. The third kappa shape index (κ3) is 5.67. The number of aromatic nitrogens is 2. The number of para-hydroxylation sites is 2. The van der Waals surface area contributed by atoms with Gasteiger partial charge in [-0.1, -0.05) is 96.1 Å². The molecule has 53 heavy (non-hydrogen) atoms. The highest BCUT2D eigenvalue weighted by Crippen LogP contribution is 2.43. The van der Waals surface area contributed by atoms with E-state index in [9.17, 15) is 18.4 Å². The van der Waals surface area contributed by atoms with Crippen LogP contribution in [0.1, 0.15) is 69.4 Å². The highest BCUT2D eigenvalue weighted by molar-refractivity contribution is 6.11. The fourth-order valence-corrected chi connectivity index (χ4v) is 7.77. The molecule has 0 aliphatic carbocycles. The molecule has 8 aromatic rings. The zero-order valence-electron chi connectivity index (χ0n) is 30.9. The average Bonchev–Trinajstić information content (AvgIpc) is 3.62. The Kier molecular flexibility index (Phi) is 7.68. The maximum Gasteiger partial charge on any atom is 0.416 e. The van der Waals surface area contributed by atoms with Crippen LogP contribution in [0.2, 0.25) is 0 Å². The van der Waals surface area contributed by atoms with Gasteiger partial charge < -0.3 is 9.13 Å². The van der Waals surface area contributed by atoms with Crippen molar-refractivity contribution >= 4 is 43.6 Å². The van der Waals surface area contributed by atoms with Gasteiger partial charge >= 0.3 is 6.18 Å². The number of hydrogen-bond acceptors (Lipinski definition) is 1. The molecule has 2 heterocycles. The molecular weight excluding hydrogens is 664 g/mol. The van der Waals surface area contributed by atoms with Crippen LogP contribution >= 0.6 is 0 Å². The first kappa shape index (κ1) is 34.3. The maximum atomic E-state index is 14.4. The van der Waals surface area contributed by atoms with Crippen LogP contribution < -0.4 is 0 Å². The van der Waals surface area contributed by atoms with Gasteiger partial charge in [0.15, 0.2) is 0 Å². The van der Waals surface area contributed by atoms with Gasteiger partial charge in [-0.3, -0.25) is 0 Å². The fourth-order valence-electron chi connectivity index (χ4n) is 7.77. The largest absolute Gasteiger partial charge is 0.416 e. The molecule has 0 aliphatic heterocycles. The van der Waals surface area contributed by atoms with Crippen LogP contribution in [0, 0.1) is 18.3 Å². The Hall–Kier alpha value is -5.80. The van der Waals surface area contributed by atoms with E-state index in [-0.39, 0.29) is 10.8 Å². The SMILES string of the molecule is Cc1cc(-c2cc(-n3c4ccccc4c4cc(C(C)(C)C)ccc43)c(C#N)cc2-n2c3ccccc3c3cc(C(C)(C)C)ccc32)cc(C(F)(F)F)c1. The standard InChI is InChI=1S/C47H40F3N3/c1-28-20-29(22-33(21-28)47(48,49)50)36-26-43(52-39-14-10-8-12-34(39)37-24-31(45(2,3)4)16-18-41(37)52)30(27-51)23-44(36)53-40-15-11-9-13-35(40)38-25-32(46(5,6)7)17-19-42(38)53/h8-26H,1-7H3. The van der Waals surface area contributed by atoms with Crippen molar-refractivity contribution in [2.75, 3.05) is 0 Å². The molecule has 0 unspecified atom stereocenters. The predicted molar refractivity (Wildman–Crippen MR) is 212 cm³/mol. The molecule has 0 radical (unpaired) electrons. The van der Waals surface area contributed by atoms with Crippen molar-refractivity contribution in [1.29, 1.82) is 5.26 Å². The lowest BCUT2D eigenvalue weighted by molar-refractivity contribution is -0.137. The van der Waals surface area contributed by atoms with Crippen molar-refractivity contribution < 1.29 is 13.2 Å². The van der Waals surface area contributed by atoms with Gasteiger partial charge in [-0.25, -0.2) is 0 Å². The van der Waals surface area contributed by atoms with Crippen molar-refractivity contribution in [3.8, 4) is 28.6 Å². The first-order chi connectivity index (χ1) is 25.0. The summed E-state index contributed by atoms with van der Waals surface area (Å²) >= 11 is 0. The predicted octanol–water partition coefficient (Wildman–Crippen LogP) is 13.3. The molecule has 264 valence electrons. The molecule has 0 atom stereocenters. The number of fused-ring (bicyclic) bond motifs is 6. The van der Waals surface area contributed by atoms with Crippen molar-refractivity contribution in [2.24, 2.45) is 0 Å². The summed E-state index contributed by atoms with van der Waals surface area (Å²) in [7, 11) is 0. The smallest absolute Gasteiger partial charge is 0.309 e. The third-order valence-electron chi connectivity index (χ3n) is 10.5. The molecular formula is C47H40F3N3. The second-order valence-corrected chi connectivity index (χ2v) is 16.3. The normalized spacial score (nSPS) is 12.7. The van der Waals surface area contributed by atoms with E-state index in [1.807, 2.05) is 48.5 Å². The molecule has 0 spiro atoms. The van der Waals surface area contributed by atoms with E-state index in [2.05, 4.69) is 105 Å². The minimum atomic E-state index is -4.54. The van der Waals surface area contributed by atoms with Gasteiger partial charge in [0.1, 0.15) is 6.07 Å². The van der Waals surface area contributed by atoms with Gasteiger partial charge in [-0.15, -0.1) is 0 Å². The quantitative estimate of drug-likeness (QED) is 0.180. The first-order valence-corrected chi connectivity index (χ1v) is 17.9. The summed E-state index contributed by atoms with van der Waals surface area (Å²) in [6.07, 6.45) is -4.54. The summed E-state index contributed by atoms with van der Waals surface area (Å²) in [6, 6.07) is 39.5. The van der Waals surface area contributed by atoms with Crippen LogP contribution in [0.4, 0.5) is 13.2 Å². The lowest BCUT2D eigenvalue weighted by Crippen LogP contribution is -2.10. The van der Waals surface area contributed by atoms with E-state index in [4.69, 9.17) is 0 Å². The van der Waals surface area contributed by atoms with Crippen LogP contribution in [-0.2, 0) is 17.0 Å². The molecule has 3 nitrogen and oxygen atoms in total. The van der Waals surface area contributed by atoms with Gasteiger partial charge in [0.25, 0.3) is 0 Å². The number of aryl methyl sites for hydroxylation is 1. The Labute approximate surface area is 307 Å². The number of benzene rings is 6. The Balaban J connectivity index is 1.52. The molecule has 0 fully saturated rings. The Bertz CT molecular complexity index is 2810. The Morgan fingerprint density at radius 2 is 1.00 bits per heavy atom. The molecule has 0 bridgehead atoms. The zero-order valence-corrected chi connectivity index (χ0v) is 30.9. The summed E-state index contributed by atoms with van der Waals surface area (Å²) < 4.78 is 47.5. The van der Waals surface area contributed by atoms with Crippen LogP contribution in [0.3, 0.4) is 0 Å². The average molecular weight is 704 g/mol. The number of nitrogens with zero attached hydrogens (tertiary/aromatic N) is 3. The van der Waals surface area contributed by atoms with Crippen molar-refractivity contribution in [2.45, 2.75) is 65.5 Å². The van der Waals surface area contributed by atoms with Crippen molar-refractivity contribution in [3.05, 3.63) is 143 Å². The number of rotatable bonds is 3. The van der Waals surface area contributed by atoms with Crippen LogP contribution in [0.15, 0.2) is 115 Å². The number of nitriles is 1. The molecule has 0 amide bonds. The lowest BCUT2D eigenvalue weighted by Gasteiger charge is -2.21. The van der Waals surface area contributed by atoms with Gasteiger partial charge in [0.05, 0.1) is 44.6 Å². The van der Waals surface area contributed by atoms with Crippen molar-refractivity contribution in [3.63, 3.8) is 0 Å². The van der Waals surface area contributed by atoms with Crippen LogP contribution in [-0.4, -0.2) is 9.13 Å². The highest BCUT2D eigenvalue weighted by Gasteiger charge is 2.32. The zero-order chi connectivity index (χ0) is 37.6. The summed E-state index contributed by atoms with van der Waals surface area (Å²) in [5.74, 6) is 0. The first-order valence-electron chi connectivity index (χ1n) is 17.9. The maximum absolute atomic E-state index is 14.4. The molecule has 0 saturated carbocycles. The summed E-state index contributed by atoms with van der Waals surface area (Å²) in [4.78, 5) is 0. The summed E-state index contributed by atoms with van der Waals surface area (Å²) in [6.45, 7) is 14.8. The topological polar surface area (TPSA) is 33.6 Å². The van der Waals surface area contributed by atoms with Gasteiger partial charge in [-0.05, 0) is 101 Å². The minimum absolute atomic E-state index is 0.0820. The molecule has 6 heteroatoms. The molecule has 8 rings (SSSR count). The summed E-state index contributed by atoms with van der Waals surface area (Å²) in [5.41, 5.74) is 8.27. The molecule has 2 aromatic heterocycles. The van der Waals surface area contributed by atoms with E-state index in [1.54, 1.807) is 13.0 Å². The van der Waals surface area contributed by atoms with Gasteiger partial charge in [-0.2, -0.15) is 18.4 Å². The van der Waals surface area contributed by atoms with Crippen LogP contribution in [0.5, 0.6) is 0 Å². The molecule has 0 N–H and O–H groups in total. The Morgan fingerprint density at radius 3 is 1.49 bits per heavy atom. The van der Waals surface area contributed by atoms with Gasteiger partial charge in [0, 0.05) is 27.1 Å².